The molecule has 7 rings (SSSR count). The number of halogens is 3. The van der Waals surface area contributed by atoms with E-state index >= 15 is 0 Å². The molecule has 0 saturated carbocycles. The summed E-state index contributed by atoms with van der Waals surface area (Å²) in [4.78, 5) is 8.70. The topological polar surface area (TPSA) is 97.6 Å². The van der Waals surface area contributed by atoms with Gasteiger partial charge in [-0.2, -0.15) is 10.5 Å². The minimum atomic E-state index is -0.281. The average Bonchev–Trinajstić information content (AvgIpc) is 3.80. The van der Waals surface area contributed by atoms with Crippen LogP contribution in [0.1, 0.15) is 1.43 Å². The molecule has 0 aliphatic heterocycles. The summed E-state index contributed by atoms with van der Waals surface area (Å²) >= 11 is 1.36. The Morgan fingerprint density at radius 3 is 1.63 bits per heavy atom. The normalized spacial score (nSPS) is 10.1. The van der Waals surface area contributed by atoms with Gasteiger partial charge in [0.1, 0.15) is 41.1 Å². The molecule has 2 heterocycles. The van der Waals surface area contributed by atoms with Crippen molar-refractivity contribution in [3.05, 3.63) is 145 Å². The molecule has 0 aliphatic rings. The third kappa shape index (κ3) is 11.0. The molecular formula is C38H28F3N4NaO2S3. The van der Waals surface area contributed by atoms with Crippen LogP contribution in [-0.4, -0.2) is 23.2 Å². The molecule has 0 radical (unpaired) electrons. The van der Waals surface area contributed by atoms with Crippen LogP contribution in [0.5, 0.6) is 11.5 Å². The van der Waals surface area contributed by atoms with E-state index in [0.29, 0.717) is 20.4 Å². The van der Waals surface area contributed by atoms with Crippen molar-refractivity contribution in [2.75, 3.05) is 13.2 Å². The molecule has 0 unspecified atom stereocenters. The second kappa shape index (κ2) is 20.4. The van der Waals surface area contributed by atoms with Crippen LogP contribution in [0.3, 0.4) is 0 Å². The summed E-state index contributed by atoms with van der Waals surface area (Å²) in [6.45, 7) is 0.0755. The van der Waals surface area contributed by atoms with Crippen LogP contribution in [-0.2, 0) is 0 Å². The van der Waals surface area contributed by atoms with Crippen LogP contribution in [0.2, 0.25) is 0 Å². The first kappa shape index (κ1) is 39.4. The molecule has 2 N–H and O–H groups in total. The van der Waals surface area contributed by atoms with Crippen molar-refractivity contribution >= 4 is 55.2 Å². The minimum absolute atomic E-state index is 0. The predicted molar refractivity (Wildman–Crippen MR) is 195 cm³/mol. The number of hydrogen-bond donors (Lipinski definition) is 2. The fourth-order valence-electron chi connectivity index (χ4n) is 4.46. The molecule has 6 nitrogen and oxygen atoms in total. The third-order valence-electron chi connectivity index (χ3n) is 6.72. The molecule has 7 aromatic rings. The number of hydrogen-bond acceptors (Lipinski definition) is 7. The van der Waals surface area contributed by atoms with E-state index in [1.54, 1.807) is 54.6 Å². The molecule has 0 spiro atoms. The SMILES string of the molecule is Fc1ccccc1SSc1ccccc1F.N#CCOc1cccc2c(Sc3ccccc3F)c[nH]c12.N#CCOc1cccc2cc[nH]c12.[H-].[Na+]. The number of nitrogens with one attached hydrogen (secondary N) is 2. The Morgan fingerprint density at radius 1 is 0.569 bits per heavy atom. The monoisotopic (exact) mass is 748 g/mol. The van der Waals surface area contributed by atoms with Crippen LogP contribution in [0.4, 0.5) is 13.2 Å². The molecular weight excluding hydrogens is 721 g/mol. The number of nitriles is 2. The zero-order valence-corrected chi connectivity index (χ0v) is 31.6. The number of aromatic amines is 2. The molecule has 0 aliphatic carbocycles. The van der Waals surface area contributed by atoms with Gasteiger partial charge in [-0.05, 0) is 76.2 Å². The molecule has 13 heteroatoms. The van der Waals surface area contributed by atoms with E-state index in [4.69, 9.17) is 20.0 Å². The fraction of sp³-hybridized carbons (Fsp3) is 0.0526. The number of aromatic nitrogens is 2. The van der Waals surface area contributed by atoms with E-state index in [1.807, 2.05) is 67.0 Å². The summed E-state index contributed by atoms with van der Waals surface area (Å²) in [5, 5.41) is 19.0. The number of ether oxygens (including phenoxy) is 2. The maximum atomic E-state index is 13.7. The number of rotatable bonds is 9. The van der Waals surface area contributed by atoms with Gasteiger partial charge in [-0.1, -0.05) is 72.4 Å². The van der Waals surface area contributed by atoms with E-state index in [1.165, 1.54) is 51.5 Å². The average molecular weight is 749 g/mol. The Balaban J connectivity index is 0.000000212. The molecule has 0 saturated heterocycles. The Bertz CT molecular complexity index is 2230. The van der Waals surface area contributed by atoms with Crippen molar-refractivity contribution < 1.29 is 53.6 Å². The van der Waals surface area contributed by atoms with Gasteiger partial charge in [0.15, 0.2) is 13.2 Å². The summed E-state index contributed by atoms with van der Waals surface area (Å²) in [5.74, 6) is 0.542. The van der Waals surface area contributed by atoms with Crippen molar-refractivity contribution in [2.24, 2.45) is 0 Å². The van der Waals surface area contributed by atoms with Crippen molar-refractivity contribution in [2.45, 2.75) is 19.6 Å². The van der Waals surface area contributed by atoms with Crippen LogP contribution in [0, 0.1) is 40.1 Å². The van der Waals surface area contributed by atoms with Gasteiger partial charge in [0.25, 0.3) is 0 Å². The van der Waals surface area contributed by atoms with E-state index in [-0.39, 0.29) is 61.6 Å². The standard InChI is InChI=1S/C16H11FN2OS.C12H8F2S2.C10H8N2O.Na.H/c17-12-5-1-2-7-14(12)21-15-10-19-16-11(15)4-3-6-13(16)20-9-8-18;13-9-5-1-3-7-11(9)15-16-12-8-4-2-6-10(12)14;11-5-7-13-9-3-1-2-8-4-6-12-10(8)9;;/h1-7,10,19H,9H2;1-8H;1-4,6,12H,7H2;;/q;;;+1;-1. The molecule has 0 amide bonds. The van der Waals surface area contributed by atoms with Crippen molar-refractivity contribution in [3.63, 3.8) is 0 Å². The van der Waals surface area contributed by atoms with E-state index < -0.39 is 0 Å². The predicted octanol–water partition coefficient (Wildman–Crippen LogP) is 8.31. The van der Waals surface area contributed by atoms with Crippen LogP contribution in [0.15, 0.2) is 147 Å². The van der Waals surface area contributed by atoms with Crippen molar-refractivity contribution in [1.82, 2.24) is 9.97 Å². The van der Waals surface area contributed by atoms with Crippen molar-refractivity contribution in [1.29, 1.82) is 10.5 Å². The summed E-state index contributed by atoms with van der Waals surface area (Å²) < 4.78 is 50.9. The van der Waals surface area contributed by atoms with Gasteiger partial charge in [-0.3, -0.25) is 0 Å². The molecule has 5 aromatic carbocycles. The van der Waals surface area contributed by atoms with Gasteiger partial charge in [0.05, 0.1) is 20.8 Å². The third-order valence-corrected chi connectivity index (χ3v) is 10.3. The molecule has 51 heavy (non-hydrogen) atoms. The maximum absolute atomic E-state index is 13.7. The first-order chi connectivity index (χ1) is 24.5. The molecule has 2 aromatic heterocycles. The Hall–Kier alpha value is -4.40. The van der Waals surface area contributed by atoms with Gasteiger partial charge in [-0.15, -0.1) is 0 Å². The smallest absolute Gasteiger partial charge is 1.00 e. The first-order valence-electron chi connectivity index (χ1n) is 14.9. The molecule has 252 valence electrons. The van der Waals surface area contributed by atoms with Gasteiger partial charge in [0, 0.05) is 33.0 Å². The quantitative estimate of drug-likeness (QED) is 0.113. The van der Waals surface area contributed by atoms with Gasteiger partial charge in [-0.25, -0.2) is 13.2 Å². The largest absolute Gasteiger partial charge is 1.00 e. The first-order valence-corrected chi connectivity index (χ1v) is 17.9. The van der Waals surface area contributed by atoms with E-state index in [0.717, 1.165) is 32.5 Å². The molecule has 0 bridgehead atoms. The number of H-pyrrole nitrogens is 2. The zero-order valence-electron chi connectivity index (χ0n) is 28.1. The fourth-order valence-corrected chi connectivity index (χ4v) is 7.50. The zero-order chi connectivity index (χ0) is 35.1. The van der Waals surface area contributed by atoms with E-state index in [9.17, 15) is 13.2 Å². The Labute approximate surface area is 328 Å². The number of nitrogens with zero attached hydrogens (tertiary/aromatic N) is 2. The number of benzene rings is 5. The van der Waals surface area contributed by atoms with Gasteiger partial charge < -0.3 is 20.9 Å². The summed E-state index contributed by atoms with van der Waals surface area (Å²) in [7, 11) is 2.43. The summed E-state index contributed by atoms with van der Waals surface area (Å²) in [5.41, 5.74) is 1.75. The van der Waals surface area contributed by atoms with Crippen LogP contribution >= 0.6 is 33.3 Å². The Kier molecular flexibility index (Phi) is 15.8. The second-order valence-electron chi connectivity index (χ2n) is 9.98. The van der Waals surface area contributed by atoms with Crippen molar-refractivity contribution in [3.8, 4) is 23.6 Å². The minimum Gasteiger partial charge on any atom is -1.00 e. The van der Waals surface area contributed by atoms with Gasteiger partial charge in [0.2, 0.25) is 0 Å². The Morgan fingerprint density at radius 2 is 1.08 bits per heavy atom. The number of para-hydroxylation sites is 2. The van der Waals surface area contributed by atoms with Crippen LogP contribution in [0.25, 0.3) is 21.8 Å². The van der Waals surface area contributed by atoms with E-state index in [2.05, 4.69) is 9.97 Å². The second-order valence-corrected chi connectivity index (χ2v) is 13.3. The molecule has 0 fully saturated rings. The van der Waals surface area contributed by atoms with Gasteiger partial charge >= 0.3 is 29.6 Å². The molecule has 0 atom stereocenters. The summed E-state index contributed by atoms with van der Waals surface area (Å²) in [6.07, 6.45) is 3.67. The van der Waals surface area contributed by atoms with Crippen LogP contribution < -0.4 is 39.0 Å². The maximum Gasteiger partial charge on any atom is 1.00 e. The summed E-state index contributed by atoms with van der Waals surface area (Å²) in [6, 6.07) is 36.8. The number of fused-ring (bicyclic) bond motifs is 2.